The zero-order chi connectivity index (χ0) is 17.0. The van der Waals surface area contributed by atoms with Crippen LogP contribution in [0.2, 0.25) is 0 Å². The summed E-state index contributed by atoms with van der Waals surface area (Å²) in [4.78, 5) is 39.7. The van der Waals surface area contributed by atoms with Crippen molar-refractivity contribution < 1.29 is 14.4 Å². The van der Waals surface area contributed by atoms with E-state index in [1.807, 2.05) is 19.1 Å². The summed E-state index contributed by atoms with van der Waals surface area (Å²) in [5.74, 6) is -0.756. The van der Waals surface area contributed by atoms with Crippen molar-refractivity contribution in [1.29, 1.82) is 0 Å². The van der Waals surface area contributed by atoms with Crippen LogP contribution >= 0.6 is 0 Å². The van der Waals surface area contributed by atoms with E-state index in [4.69, 9.17) is 0 Å². The second-order valence-electron chi connectivity index (χ2n) is 5.89. The third-order valence-electron chi connectivity index (χ3n) is 4.17. The molecule has 124 valence electrons. The lowest BCUT2D eigenvalue weighted by Gasteiger charge is -2.23. The normalized spacial score (nSPS) is 18.3. The number of aryl methyl sites for hydroxylation is 1. The third kappa shape index (κ3) is 4.09. The summed E-state index contributed by atoms with van der Waals surface area (Å²) in [6.45, 7) is 4.98. The summed E-state index contributed by atoms with van der Waals surface area (Å²) < 4.78 is 0. The molecule has 0 aliphatic carbocycles. The van der Waals surface area contributed by atoms with Gasteiger partial charge in [0, 0.05) is 45.7 Å². The molecule has 1 unspecified atom stereocenters. The van der Waals surface area contributed by atoms with Gasteiger partial charge in [0.1, 0.15) is 0 Å². The summed E-state index contributed by atoms with van der Waals surface area (Å²) in [6.07, 6.45) is 0. The van der Waals surface area contributed by atoms with E-state index >= 15 is 0 Å². The van der Waals surface area contributed by atoms with E-state index in [2.05, 4.69) is 5.32 Å². The second-order valence-corrected chi connectivity index (χ2v) is 5.89. The average molecular weight is 317 g/mol. The highest BCUT2D eigenvalue weighted by atomic mass is 16.2. The van der Waals surface area contributed by atoms with Crippen LogP contribution in [-0.2, 0) is 9.59 Å². The Kier molecular flexibility index (Phi) is 5.36. The molecule has 1 atom stereocenters. The lowest BCUT2D eigenvalue weighted by molar-refractivity contribution is -0.130. The van der Waals surface area contributed by atoms with Crippen molar-refractivity contribution in [2.45, 2.75) is 13.8 Å². The summed E-state index contributed by atoms with van der Waals surface area (Å²) in [5.41, 5.74) is 1.69. The van der Waals surface area contributed by atoms with Gasteiger partial charge in [0.25, 0.3) is 5.91 Å². The number of nitrogens with zero attached hydrogens (tertiary/aromatic N) is 2. The van der Waals surface area contributed by atoms with Crippen molar-refractivity contribution in [3.63, 3.8) is 0 Å². The number of amides is 3. The van der Waals surface area contributed by atoms with Gasteiger partial charge in [0.15, 0.2) is 0 Å². The summed E-state index contributed by atoms with van der Waals surface area (Å²) in [5, 5.41) is 2.61. The molecule has 1 N–H and O–H groups in total. The summed E-state index contributed by atoms with van der Waals surface area (Å²) in [7, 11) is 1.57. The Morgan fingerprint density at radius 2 is 1.61 bits per heavy atom. The molecule has 1 aliphatic heterocycles. The number of hydrogen-bond acceptors (Lipinski definition) is 3. The number of hydrogen-bond donors (Lipinski definition) is 1. The fourth-order valence-corrected chi connectivity index (χ4v) is 2.73. The monoisotopic (exact) mass is 317 g/mol. The van der Waals surface area contributed by atoms with Gasteiger partial charge < -0.3 is 15.1 Å². The van der Waals surface area contributed by atoms with Crippen LogP contribution in [0.3, 0.4) is 0 Å². The highest BCUT2D eigenvalue weighted by Crippen LogP contribution is 2.14. The molecule has 1 aromatic carbocycles. The Morgan fingerprint density at radius 3 is 2.17 bits per heavy atom. The Labute approximate surface area is 136 Å². The first-order valence-electron chi connectivity index (χ1n) is 7.75. The van der Waals surface area contributed by atoms with E-state index < -0.39 is 5.92 Å². The van der Waals surface area contributed by atoms with Gasteiger partial charge in [-0.3, -0.25) is 14.4 Å². The highest BCUT2D eigenvalue weighted by molar-refractivity contribution is 5.94. The number of carbonyl (C=O) groups excluding carboxylic acids is 3. The molecule has 1 aromatic rings. The van der Waals surface area contributed by atoms with Crippen LogP contribution in [0.4, 0.5) is 0 Å². The molecule has 3 amide bonds. The van der Waals surface area contributed by atoms with Gasteiger partial charge in [-0.25, -0.2) is 0 Å². The van der Waals surface area contributed by atoms with E-state index in [1.165, 1.54) is 6.92 Å². The van der Waals surface area contributed by atoms with E-state index in [0.717, 1.165) is 5.56 Å². The molecular weight excluding hydrogens is 294 g/mol. The van der Waals surface area contributed by atoms with Crippen LogP contribution in [0, 0.1) is 12.8 Å². The lowest BCUT2D eigenvalue weighted by atomic mass is 10.1. The molecule has 1 heterocycles. The topological polar surface area (TPSA) is 69.7 Å². The largest absolute Gasteiger partial charge is 0.359 e. The quantitative estimate of drug-likeness (QED) is 0.871. The minimum Gasteiger partial charge on any atom is -0.359 e. The Bertz CT molecular complexity index is 598. The van der Waals surface area contributed by atoms with Crippen LogP contribution in [0.15, 0.2) is 24.3 Å². The molecule has 0 saturated carbocycles. The van der Waals surface area contributed by atoms with Crippen molar-refractivity contribution in [3.05, 3.63) is 35.4 Å². The van der Waals surface area contributed by atoms with Crippen LogP contribution in [0.25, 0.3) is 0 Å². The zero-order valence-corrected chi connectivity index (χ0v) is 13.8. The third-order valence-corrected chi connectivity index (χ3v) is 4.17. The first kappa shape index (κ1) is 17.0. The van der Waals surface area contributed by atoms with Crippen molar-refractivity contribution in [2.24, 2.45) is 5.92 Å². The van der Waals surface area contributed by atoms with Crippen LogP contribution in [0.1, 0.15) is 22.8 Å². The number of carbonyl (C=O) groups is 3. The molecule has 0 radical (unpaired) electrons. The van der Waals surface area contributed by atoms with Gasteiger partial charge in [0.05, 0.1) is 5.92 Å². The number of benzene rings is 1. The van der Waals surface area contributed by atoms with E-state index in [1.54, 1.807) is 29.0 Å². The molecule has 2 rings (SSSR count). The maximum Gasteiger partial charge on any atom is 0.253 e. The van der Waals surface area contributed by atoms with E-state index in [0.29, 0.717) is 31.7 Å². The smallest absolute Gasteiger partial charge is 0.253 e. The predicted molar refractivity (Wildman–Crippen MR) is 86.9 cm³/mol. The first-order valence-corrected chi connectivity index (χ1v) is 7.75. The van der Waals surface area contributed by atoms with Gasteiger partial charge in [-0.15, -0.1) is 0 Å². The number of rotatable bonds is 2. The van der Waals surface area contributed by atoms with Crippen molar-refractivity contribution >= 4 is 17.7 Å². The minimum absolute atomic E-state index is 0.0801. The molecule has 0 spiro atoms. The van der Waals surface area contributed by atoms with E-state index in [-0.39, 0.29) is 17.7 Å². The molecular formula is C17H23N3O3. The zero-order valence-electron chi connectivity index (χ0n) is 13.8. The Hall–Kier alpha value is -2.37. The molecule has 1 fully saturated rings. The van der Waals surface area contributed by atoms with E-state index in [9.17, 15) is 14.4 Å². The average Bonchev–Trinajstić information content (AvgIpc) is 2.77. The molecule has 0 bridgehead atoms. The SMILES string of the molecule is CNC(=O)C1CN(C(C)=O)CCN(C(=O)c2ccc(C)cc2)C1. The maximum absolute atomic E-state index is 12.7. The molecule has 1 aliphatic rings. The fraction of sp³-hybridized carbons (Fsp3) is 0.471. The summed E-state index contributed by atoms with van der Waals surface area (Å²) in [6, 6.07) is 7.37. The van der Waals surface area contributed by atoms with Gasteiger partial charge in [0.2, 0.25) is 11.8 Å². The van der Waals surface area contributed by atoms with Crippen molar-refractivity contribution in [2.75, 3.05) is 33.2 Å². The highest BCUT2D eigenvalue weighted by Gasteiger charge is 2.30. The molecule has 0 aromatic heterocycles. The number of nitrogens with one attached hydrogen (secondary N) is 1. The second kappa shape index (κ2) is 7.26. The predicted octanol–water partition coefficient (Wildman–Crippen LogP) is 0.662. The standard InChI is InChI=1S/C17H23N3O3/c1-12-4-6-14(7-5-12)17(23)20-9-8-19(13(2)21)10-15(11-20)16(22)18-3/h4-7,15H,8-11H2,1-3H3,(H,18,22). The lowest BCUT2D eigenvalue weighted by Crippen LogP contribution is -2.42. The van der Waals surface area contributed by atoms with Gasteiger partial charge >= 0.3 is 0 Å². The Balaban J connectivity index is 2.20. The first-order chi connectivity index (χ1) is 10.9. The van der Waals surface area contributed by atoms with Crippen LogP contribution < -0.4 is 5.32 Å². The molecule has 23 heavy (non-hydrogen) atoms. The fourth-order valence-electron chi connectivity index (χ4n) is 2.73. The molecule has 6 nitrogen and oxygen atoms in total. The molecule has 1 saturated heterocycles. The van der Waals surface area contributed by atoms with Gasteiger partial charge in [-0.1, -0.05) is 17.7 Å². The van der Waals surface area contributed by atoms with Gasteiger partial charge in [-0.2, -0.15) is 0 Å². The van der Waals surface area contributed by atoms with Crippen molar-refractivity contribution in [1.82, 2.24) is 15.1 Å². The maximum atomic E-state index is 12.7. The summed E-state index contributed by atoms with van der Waals surface area (Å²) >= 11 is 0. The minimum atomic E-state index is -0.416. The molecule has 6 heteroatoms. The van der Waals surface area contributed by atoms with Gasteiger partial charge in [-0.05, 0) is 19.1 Å². The van der Waals surface area contributed by atoms with Crippen LogP contribution in [0.5, 0.6) is 0 Å². The Morgan fingerprint density at radius 1 is 1.04 bits per heavy atom. The van der Waals surface area contributed by atoms with Crippen LogP contribution in [-0.4, -0.2) is 60.7 Å². The van der Waals surface area contributed by atoms with Crippen molar-refractivity contribution in [3.8, 4) is 0 Å².